The van der Waals surface area contributed by atoms with Crippen LogP contribution in [0.1, 0.15) is 72.9 Å². The summed E-state index contributed by atoms with van der Waals surface area (Å²) in [6, 6.07) is 6.59. The molecule has 0 aromatic heterocycles. The molecular weight excluding hydrogens is 374 g/mol. The predicted molar refractivity (Wildman–Crippen MR) is 117 cm³/mol. The van der Waals surface area contributed by atoms with Gasteiger partial charge >= 0.3 is 0 Å². The zero-order valence-electron chi connectivity index (χ0n) is 17.8. The molecule has 1 aromatic rings. The monoisotopic (exact) mass is 407 g/mol. The van der Waals surface area contributed by atoms with Crippen molar-refractivity contribution in [2.75, 3.05) is 6.54 Å². The third-order valence-corrected chi connectivity index (χ3v) is 7.47. The lowest BCUT2D eigenvalue weighted by Gasteiger charge is -2.32. The molecule has 5 nitrogen and oxygen atoms in total. The highest BCUT2D eigenvalue weighted by Gasteiger charge is 2.38. The largest absolute Gasteiger partial charge is 0.329 e. The second kappa shape index (κ2) is 8.18. The standard InChI is InChI=1S/C25H33N3O2/c1-16-6-11-23(24(29)27-16)28-15-20-13-18(9-10-21(20)25(28)30)12-19-4-2-3-5-22(19)26-14-17-7-8-17/h9-10,13,17,19,22-23,26H,1-8,11-12,14-15H2,(H,27,29)/t19-,22+,23?/m1/s1. The van der Waals surface area contributed by atoms with Crippen LogP contribution < -0.4 is 10.6 Å². The first kappa shape index (κ1) is 19.8. The van der Waals surface area contributed by atoms with Crippen molar-refractivity contribution in [3.05, 3.63) is 47.2 Å². The van der Waals surface area contributed by atoms with E-state index >= 15 is 0 Å². The van der Waals surface area contributed by atoms with Gasteiger partial charge in [-0.05, 0) is 80.5 Å². The van der Waals surface area contributed by atoms with E-state index in [9.17, 15) is 9.59 Å². The van der Waals surface area contributed by atoms with Gasteiger partial charge in [-0.3, -0.25) is 9.59 Å². The zero-order valence-corrected chi connectivity index (χ0v) is 17.8. The zero-order chi connectivity index (χ0) is 20.7. The summed E-state index contributed by atoms with van der Waals surface area (Å²) in [7, 11) is 0. The molecule has 1 unspecified atom stereocenters. The predicted octanol–water partition coefficient (Wildman–Crippen LogP) is 3.54. The molecule has 2 saturated carbocycles. The summed E-state index contributed by atoms with van der Waals surface area (Å²) in [5.74, 6) is 1.49. The molecule has 2 amide bonds. The highest BCUT2D eigenvalue weighted by Crippen LogP contribution is 2.33. The van der Waals surface area contributed by atoms with E-state index in [4.69, 9.17) is 0 Å². The second-order valence-corrected chi connectivity index (χ2v) is 9.78. The molecular formula is C25H33N3O2. The van der Waals surface area contributed by atoms with Crippen LogP contribution in [-0.2, 0) is 17.8 Å². The number of hydrogen-bond acceptors (Lipinski definition) is 3. The first-order chi connectivity index (χ1) is 14.6. The number of carbonyl (C=O) groups is 2. The summed E-state index contributed by atoms with van der Waals surface area (Å²) < 4.78 is 0. The Morgan fingerprint density at radius 3 is 2.73 bits per heavy atom. The van der Waals surface area contributed by atoms with Gasteiger partial charge in [0.25, 0.3) is 5.91 Å². The number of nitrogens with zero attached hydrogens (tertiary/aromatic N) is 1. The number of amides is 2. The van der Waals surface area contributed by atoms with Crippen LogP contribution in [0.5, 0.6) is 0 Å². The molecule has 3 atom stereocenters. The summed E-state index contributed by atoms with van der Waals surface area (Å²) in [6.07, 6.45) is 10.5. The highest BCUT2D eigenvalue weighted by molar-refractivity contribution is 6.01. The van der Waals surface area contributed by atoms with Gasteiger partial charge in [0.05, 0.1) is 0 Å². The van der Waals surface area contributed by atoms with Crippen molar-refractivity contribution in [3.63, 3.8) is 0 Å². The van der Waals surface area contributed by atoms with E-state index in [1.807, 2.05) is 6.07 Å². The maximum atomic E-state index is 12.9. The van der Waals surface area contributed by atoms with E-state index in [2.05, 4.69) is 29.3 Å². The molecule has 3 fully saturated rings. The number of fused-ring (bicyclic) bond motifs is 1. The fraction of sp³-hybridized carbons (Fsp3) is 0.600. The maximum absolute atomic E-state index is 12.9. The molecule has 2 N–H and O–H groups in total. The van der Waals surface area contributed by atoms with Crippen LogP contribution >= 0.6 is 0 Å². The van der Waals surface area contributed by atoms with E-state index in [-0.39, 0.29) is 17.9 Å². The quantitative estimate of drug-likeness (QED) is 0.758. The van der Waals surface area contributed by atoms with E-state index in [1.54, 1.807) is 4.90 Å². The van der Waals surface area contributed by atoms with Crippen molar-refractivity contribution in [3.8, 4) is 0 Å². The van der Waals surface area contributed by atoms with Gasteiger partial charge in [-0.2, -0.15) is 0 Å². The Bertz CT molecular complexity index is 860. The SMILES string of the molecule is C=C1CCC(N2Cc3cc(C[C@H]4CCCC[C@@H]4NCC4CC4)ccc3C2=O)C(=O)N1. The number of allylic oxidation sites excluding steroid dienone is 1. The van der Waals surface area contributed by atoms with Gasteiger partial charge in [-0.15, -0.1) is 0 Å². The Balaban J connectivity index is 1.26. The topological polar surface area (TPSA) is 61.4 Å². The van der Waals surface area contributed by atoms with Crippen molar-refractivity contribution in [1.29, 1.82) is 0 Å². The van der Waals surface area contributed by atoms with E-state index < -0.39 is 0 Å². The Morgan fingerprint density at radius 2 is 1.93 bits per heavy atom. The first-order valence-corrected chi connectivity index (χ1v) is 11.7. The lowest BCUT2D eigenvalue weighted by Crippen LogP contribution is -2.49. The Kier molecular flexibility index (Phi) is 5.40. The first-order valence-electron chi connectivity index (χ1n) is 11.7. The molecule has 5 heteroatoms. The van der Waals surface area contributed by atoms with Crippen LogP contribution in [0.25, 0.3) is 0 Å². The van der Waals surface area contributed by atoms with Crippen LogP contribution in [0.3, 0.4) is 0 Å². The molecule has 0 bridgehead atoms. The molecule has 30 heavy (non-hydrogen) atoms. The molecule has 2 heterocycles. The normalized spacial score (nSPS) is 29.1. The third-order valence-electron chi connectivity index (χ3n) is 7.47. The summed E-state index contributed by atoms with van der Waals surface area (Å²) in [5.41, 5.74) is 3.92. The van der Waals surface area contributed by atoms with Gasteiger partial charge in [0.15, 0.2) is 0 Å². The van der Waals surface area contributed by atoms with Crippen molar-refractivity contribution in [2.45, 2.75) is 76.4 Å². The molecule has 1 aromatic carbocycles. The Hall–Kier alpha value is -2.14. The minimum absolute atomic E-state index is 0.00847. The van der Waals surface area contributed by atoms with Crippen LogP contribution in [0.2, 0.25) is 0 Å². The van der Waals surface area contributed by atoms with Gasteiger partial charge in [-0.25, -0.2) is 0 Å². The molecule has 0 spiro atoms. The van der Waals surface area contributed by atoms with E-state index in [0.29, 0.717) is 24.9 Å². The van der Waals surface area contributed by atoms with Crippen molar-refractivity contribution in [2.24, 2.45) is 11.8 Å². The van der Waals surface area contributed by atoms with Crippen LogP contribution in [0, 0.1) is 11.8 Å². The van der Waals surface area contributed by atoms with Gasteiger partial charge in [-0.1, -0.05) is 31.6 Å². The third kappa shape index (κ3) is 4.04. The summed E-state index contributed by atoms with van der Waals surface area (Å²) in [5, 5.41) is 6.67. The number of hydrogen-bond donors (Lipinski definition) is 2. The summed E-state index contributed by atoms with van der Waals surface area (Å²) >= 11 is 0. The molecule has 2 aliphatic carbocycles. The maximum Gasteiger partial charge on any atom is 0.255 e. The fourth-order valence-corrected chi connectivity index (χ4v) is 5.50. The number of benzene rings is 1. The number of nitrogens with one attached hydrogen (secondary N) is 2. The molecule has 5 rings (SSSR count). The lowest BCUT2D eigenvalue weighted by molar-refractivity contribution is -0.126. The summed E-state index contributed by atoms with van der Waals surface area (Å²) in [6.45, 7) is 5.57. The van der Waals surface area contributed by atoms with Crippen molar-refractivity contribution >= 4 is 11.8 Å². The number of carbonyl (C=O) groups excluding carboxylic acids is 2. The summed E-state index contributed by atoms with van der Waals surface area (Å²) in [4.78, 5) is 27.1. The van der Waals surface area contributed by atoms with Crippen molar-refractivity contribution in [1.82, 2.24) is 15.5 Å². The molecule has 160 valence electrons. The molecule has 0 radical (unpaired) electrons. The van der Waals surface area contributed by atoms with Crippen LogP contribution in [0.4, 0.5) is 0 Å². The molecule has 4 aliphatic rings. The smallest absolute Gasteiger partial charge is 0.255 e. The Morgan fingerprint density at radius 1 is 1.10 bits per heavy atom. The number of rotatable bonds is 6. The average Bonchev–Trinajstić information content (AvgIpc) is 3.51. The van der Waals surface area contributed by atoms with Gasteiger partial charge in [0.2, 0.25) is 5.91 Å². The van der Waals surface area contributed by atoms with Gasteiger partial charge < -0.3 is 15.5 Å². The van der Waals surface area contributed by atoms with Gasteiger partial charge in [0, 0.05) is 23.8 Å². The molecule has 1 saturated heterocycles. The van der Waals surface area contributed by atoms with Crippen LogP contribution in [0.15, 0.2) is 30.5 Å². The fourth-order valence-electron chi connectivity index (χ4n) is 5.50. The van der Waals surface area contributed by atoms with E-state index in [0.717, 1.165) is 35.6 Å². The lowest BCUT2D eigenvalue weighted by atomic mass is 9.80. The average molecular weight is 408 g/mol. The van der Waals surface area contributed by atoms with E-state index in [1.165, 1.54) is 50.6 Å². The minimum atomic E-state index is -0.381. The molecule has 2 aliphatic heterocycles. The Labute approximate surface area is 179 Å². The van der Waals surface area contributed by atoms with Crippen LogP contribution in [-0.4, -0.2) is 35.3 Å². The number of piperidine rings is 1. The highest BCUT2D eigenvalue weighted by atomic mass is 16.2. The van der Waals surface area contributed by atoms with Crippen molar-refractivity contribution < 1.29 is 9.59 Å². The second-order valence-electron chi connectivity index (χ2n) is 9.78. The van der Waals surface area contributed by atoms with Gasteiger partial charge in [0.1, 0.15) is 6.04 Å². The minimum Gasteiger partial charge on any atom is -0.329 e.